The minimum Gasteiger partial charge on any atom is -0.484 e. The van der Waals surface area contributed by atoms with E-state index in [0.717, 1.165) is 0 Å². The normalized spacial score (nSPS) is 10.0. The average Bonchev–Trinajstić information content (AvgIpc) is 2.61. The number of hydrogen-bond acceptors (Lipinski definition) is 6. The van der Waals surface area contributed by atoms with Gasteiger partial charge in [0.25, 0.3) is 11.6 Å². The Labute approximate surface area is 143 Å². The van der Waals surface area contributed by atoms with E-state index in [-0.39, 0.29) is 12.3 Å². The Morgan fingerprint density at radius 1 is 1.16 bits per heavy atom. The molecule has 2 aromatic carbocycles. The first-order valence-corrected chi connectivity index (χ1v) is 7.27. The number of carbonyl (C=O) groups is 2. The molecular weight excluding hydrogens is 328 g/mol. The lowest BCUT2D eigenvalue weighted by Gasteiger charge is -2.10. The van der Waals surface area contributed by atoms with Crippen molar-refractivity contribution < 1.29 is 24.0 Å². The van der Waals surface area contributed by atoms with Crippen LogP contribution in [0.15, 0.2) is 42.5 Å². The van der Waals surface area contributed by atoms with Crippen molar-refractivity contribution in [2.75, 3.05) is 19.0 Å². The molecule has 2 aromatic rings. The van der Waals surface area contributed by atoms with Crippen molar-refractivity contribution in [3.63, 3.8) is 0 Å². The summed E-state index contributed by atoms with van der Waals surface area (Å²) in [5, 5.41) is 13.4. The molecule has 0 saturated carbocycles. The van der Waals surface area contributed by atoms with Crippen molar-refractivity contribution in [1.82, 2.24) is 0 Å². The number of amides is 1. The maximum Gasteiger partial charge on any atom is 0.337 e. The lowest BCUT2D eigenvalue weighted by Crippen LogP contribution is -2.20. The van der Waals surface area contributed by atoms with E-state index in [1.54, 1.807) is 13.0 Å². The predicted molar refractivity (Wildman–Crippen MR) is 89.7 cm³/mol. The number of non-ortho nitro benzene ring substituents is 1. The minimum absolute atomic E-state index is 0.111. The number of ether oxygens (including phenoxy) is 2. The summed E-state index contributed by atoms with van der Waals surface area (Å²) in [5.41, 5.74) is 1.30. The van der Waals surface area contributed by atoms with Gasteiger partial charge in [0.15, 0.2) is 6.61 Å². The third-order valence-corrected chi connectivity index (χ3v) is 3.35. The van der Waals surface area contributed by atoms with Crippen LogP contribution in [0.3, 0.4) is 0 Å². The first-order chi connectivity index (χ1) is 11.9. The predicted octanol–water partition coefficient (Wildman–Crippen LogP) is 2.71. The SMILES string of the molecule is COC(=O)c1ccc(OCC(=O)Nc2cc([N+](=O)[O-])ccc2C)cc1. The van der Waals surface area contributed by atoms with Crippen LogP contribution in [0.5, 0.6) is 5.75 Å². The molecule has 2 rings (SSSR count). The topological polar surface area (TPSA) is 108 Å². The Morgan fingerprint density at radius 3 is 2.44 bits per heavy atom. The standard InChI is InChI=1S/C17H16N2O6/c1-11-3-6-13(19(22)23)9-15(11)18-16(20)10-25-14-7-4-12(5-8-14)17(21)24-2/h3-9H,10H2,1-2H3,(H,18,20). The highest BCUT2D eigenvalue weighted by atomic mass is 16.6. The smallest absolute Gasteiger partial charge is 0.337 e. The maximum atomic E-state index is 12.0. The van der Waals surface area contributed by atoms with Gasteiger partial charge in [-0.2, -0.15) is 0 Å². The van der Waals surface area contributed by atoms with Crippen LogP contribution in [0.1, 0.15) is 15.9 Å². The summed E-state index contributed by atoms with van der Waals surface area (Å²) in [6.07, 6.45) is 0. The summed E-state index contributed by atoms with van der Waals surface area (Å²) >= 11 is 0. The Hall–Kier alpha value is -3.42. The van der Waals surface area contributed by atoms with Crippen LogP contribution in [0.4, 0.5) is 11.4 Å². The lowest BCUT2D eigenvalue weighted by atomic mass is 10.2. The Balaban J connectivity index is 1.96. The molecular formula is C17H16N2O6. The number of benzene rings is 2. The summed E-state index contributed by atoms with van der Waals surface area (Å²) in [6, 6.07) is 10.3. The number of carbonyl (C=O) groups excluding carboxylic acids is 2. The van der Waals surface area contributed by atoms with Crippen molar-refractivity contribution in [2.24, 2.45) is 0 Å². The van der Waals surface area contributed by atoms with Crippen LogP contribution >= 0.6 is 0 Å². The zero-order chi connectivity index (χ0) is 18.4. The van der Waals surface area contributed by atoms with Crippen molar-refractivity contribution in [1.29, 1.82) is 0 Å². The number of hydrogen-bond donors (Lipinski definition) is 1. The number of nitro groups is 1. The Morgan fingerprint density at radius 2 is 1.84 bits per heavy atom. The Bertz CT molecular complexity index is 801. The van der Waals surface area contributed by atoms with Crippen LogP contribution in [0, 0.1) is 17.0 Å². The van der Waals surface area contributed by atoms with Gasteiger partial charge in [0.2, 0.25) is 0 Å². The van der Waals surface area contributed by atoms with Crippen molar-refractivity contribution >= 4 is 23.3 Å². The second kappa shape index (κ2) is 7.91. The molecule has 0 aliphatic carbocycles. The highest BCUT2D eigenvalue weighted by Crippen LogP contribution is 2.22. The summed E-state index contributed by atoms with van der Waals surface area (Å²) in [4.78, 5) is 33.5. The lowest BCUT2D eigenvalue weighted by molar-refractivity contribution is -0.384. The summed E-state index contributed by atoms with van der Waals surface area (Å²) in [6.45, 7) is 1.45. The van der Waals surface area contributed by atoms with Gasteiger partial charge in [0, 0.05) is 12.1 Å². The summed E-state index contributed by atoms with van der Waals surface area (Å²) < 4.78 is 9.91. The number of nitrogens with one attached hydrogen (secondary N) is 1. The molecule has 0 fully saturated rings. The van der Waals surface area contributed by atoms with Crippen LogP contribution in [0.2, 0.25) is 0 Å². The maximum absolute atomic E-state index is 12.0. The molecule has 0 saturated heterocycles. The number of esters is 1. The fraction of sp³-hybridized carbons (Fsp3) is 0.176. The van der Waals surface area contributed by atoms with E-state index in [9.17, 15) is 19.7 Å². The molecule has 1 amide bonds. The Kier molecular flexibility index (Phi) is 5.67. The quantitative estimate of drug-likeness (QED) is 0.490. The molecule has 0 radical (unpaired) electrons. The molecule has 0 aliphatic rings. The highest BCUT2D eigenvalue weighted by Gasteiger charge is 2.12. The van der Waals surface area contributed by atoms with Crippen molar-refractivity contribution in [3.8, 4) is 5.75 Å². The van der Waals surface area contributed by atoms with E-state index in [0.29, 0.717) is 22.6 Å². The molecule has 0 atom stereocenters. The molecule has 0 aromatic heterocycles. The monoisotopic (exact) mass is 344 g/mol. The van der Waals surface area contributed by atoms with Gasteiger partial charge >= 0.3 is 5.97 Å². The fourth-order valence-corrected chi connectivity index (χ4v) is 2.00. The third-order valence-electron chi connectivity index (χ3n) is 3.35. The van der Waals surface area contributed by atoms with Gasteiger partial charge in [0.05, 0.1) is 23.3 Å². The molecule has 25 heavy (non-hydrogen) atoms. The first-order valence-electron chi connectivity index (χ1n) is 7.27. The second-order valence-corrected chi connectivity index (χ2v) is 5.11. The first kappa shape index (κ1) is 17.9. The van der Waals surface area contributed by atoms with Gasteiger partial charge in [-0.3, -0.25) is 14.9 Å². The third kappa shape index (κ3) is 4.77. The van der Waals surface area contributed by atoms with E-state index in [4.69, 9.17) is 4.74 Å². The zero-order valence-corrected chi connectivity index (χ0v) is 13.6. The van der Waals surface area contributed by atoms with E-state index >= 15 is 0 Å². The number of nitrogens with zero attached hydrogens (tertiary/aromatic N) is 1. The van der Waals surface area contributed by atoms with Crippen LogP contribution < -0.4 is 10.1 Å². The van der Waals surface area contributed by atoms with Crippen molar-refractivity contribution in [3.05, 3.63) is 63.7 Å². The molecule has 8 nitrogen and oxygen atoms in total. The molecule has 0 spiro atoms. The molecule has 0 aliphatic heterocycles. The van der Waals surface area contributed by atoms with Gasteiger partial charge in [0.1, 0.15) is 5.75 Å². The van der Waals surface area contributed by atoms with E-state index in [1.165, 1.54) is 43.5 Å². The zero-order valence-electron chi connectivity index (χ0n) is 13.6. The van der Waals surface area contributed by atoms with Gasteiger partial charge in [-0.25, -0.2) is 4.79 Å². The average molecular weight is 344 g/mol. The number of methoxy groups -OCH3 is 1. The van der Waals surface area contributed by atoms with E-state index < -0.39 is 16.8 Å². The largest absolute Gasteiger partial charge is 0.484 e. The molecule has 0 bridgehead atoms. The van der Waals surface area contributed by atoms with E-state index in [2.05, 4.69) is 10.1 Å². The second-order valence-electron chi connectivity index (χ2n) is 5.11. The molecule has 130 valence electrons. The van der Waals surface area contributed by atoms with Gasteiger partial charge in [-0.05, 0) is 36.8 Å². The molecule has 1 N–H and O–H groups in total. The number of aryl methyl sites for hydroxylation is 1. The van der Waals surface area contributed by atoms with Crippen LogP contribution in [-0.2, 0) is 9.53 Å². The highest BCUT2D eigenvalue weighted by molar-refractivity contribution is 5.93. The van der Waals surface area contributed by atoms with E-state index in [1.807, 2.05) is 0 Å². The number of nitro benzene ring substituents is 1. The summed E-state index contributed by atoms with van der Waals surface area (Å²) in [7, 11) is 1.28. The number of rotatable bonds is 6. The minimum atomic E-state index is -0.533. The number of anilines is 1. The van der Waals surface area contributed by atoms with Gasteiger partial charge in [-0.1, -0.05) is 6.07 Å². The van der Waals surface area contributed by atoms with Gasteiger partial charge < -0.3 is 14.8 Å². The molecule has 8 heteroatoms. The molecule has 0 unspecified atom stereocenters. The summed E-state index contributed by atoms with van der Waals surface area (Å²) in [5.74, 6) is -0.523. The van der Waals surface area contributed by atoms with Crippen molar-refractivity contribution in [2.45, 2.75) is 6.92 Å². The van der Waals surface area contributed by atoms with Crippen LogP contribution in [-0.4, -0.2) is 30.5 Å². The van der Waals surface area contributed by atoms with Crippen LogP contribution in [0.25, 0.3) is 0 Å². The van der Waals surface area contributed by atoms with Gasteiger partial charge in [-0.15, -0.1) is 0 Å². The molecule has 0 heterocycles. The fourth-order valence-electron chi connectivity index (χ4n) is 2.00.